The van der Waals surface area contributed by atoms with Crippen molar-refractivity contribution < 1.29 is 18.0 Å². The molecule has 0 unspecified atom stereocenters. The molecule has 2 aliphatic rings. The number of nitrogens with one attached hydrogen (secondary N) is 1. The van der Waals surface area contributed by atoms with Crippen molar-refractivity contribution in [3.05, 3.63) is 88.5 Å². The van der Waals surface area contributed by atoms with Crippen molar-refractivity contribution in [3.63, 3.8) is 0 Å². The minimum Gasteiger partial charge on any atom is -0.315 e. The maximum absolute atomic E-state index is 13.2. The number of anilines is 2. The average molecular weight is 476 g/mol. The van der Waals surface area contributed by atoms with Gasteiger partial charge in [-0.05, 0) is 65.9 Å². The second-order valence-corrected chi connectivity index (χ2v) is 10.5. The number of nitrogens with zero attached hydrogens (tertiary/aromatic N) is 2. The molecule has 0 aromatic heterocycles. The predicted octanol–water partition coefficient (Wildman–Crippen LogP) is 3.20. The molecule has 3 aromatic rings. The Kier molecular flexibility index (Phi) is 5.50. The number of aryl methyl sites for hydroxylation is 1. The number of hydrogen-bond acceptors (Lipinski definition) is 4. The van der Waals surface area contributed by atoms with Crippen molar-refractivity contribution in [1.82, 2.24) is 4.72 Å². The molecule has 7 nitrogen and oxygen atoms in total. The van der Waals surface area contributed by atoms with E-state index < -0.39 is 10.0 Å². The van der Waals surface area contributed by atoms with Crippen LogP contribution in [0.4, 0.5) is 11.4 Å². The van der Waals surface area contributed by atoms with Crippen molar-refractivity contribution in [1.29, 1.82) is 0 Å². The third kappa shape index (κ3) is 3.89. The Bertz CT molecular complexity index is 1430. The number of carbonyl (C=O) groups excluding carboxylic acids is 2. The number of hydrogen-bond donors (Lipinski definition) is 1. The van der Waals surface area contributed by atoms with Gasteiger partial charge in [0.2, 0.25) is 15.9 Å². The van der Waals surface area contributed by atoms with Crippen LogP contribution in [-0.2, 0) is 34.2 Å². The van der Waals surface area contributed by atoms with Gasteiger partial charge in [-0.25, -0.2) is 13.1 Å². The first-order valence-corrected chi connectivity index (χ1v) is 12.6. The molecule has 8 heteroatoms. The van der Waals surface area contributed by atoms with Crippen LogP contribution in [0.3, 0.4) is 0 Å². The predicted molar refractivity (Wildman–Crippen MR) is 131 cm³/mol. The largest absolute Gasteiger partial charge is 0.315 e. The summed E-state index contributed by atoms with van der Waals surface area (Å²) in [5, 5.41) is 0. The lowest BCUT2D eigenvalue weighted by Crippen LogP contribution is -2.29. The fourth-order valence-corrected chi connectivity index (χ4v) is 5.65. The number of fused-ring (bicyclic) bond motifs is 2. The highest BCUT2D eigenvalue weighted by molar-refractivity contribution is 7.89. The SMILES string of the molecule is Cc1ccccc1C(=O)N1CCc2ccc(CNS(=O)(=O)c3ccc4c(c3)CC(=O)N4C)cc21. The first-order valence-electron chi connectivity index (χ1n) is 11.1. The van der Waals surface area contributed by atoms with Gasteiger partial charge >= 0.3 is 0 Å². The van der Waals surface area contributed by atoms with E-state index in [4.69, 9.17) is 0 Å². The van der Waals surface area contributed by atoms with E-state index >= 15 is 0 Å². The third-order valence-corrected chi connectivity index (χ3v) is 7.97. The Hall–Kier alpha value is -3.49. The van der Waals surface area contributed by atoms with Gasteiger partial charge in [0.1, 0.15) is 0 Å². The molecule has 1 N–H and O–H groups in total. The first kappa shape index (κ1) is 22.3. The van der Waals surface area contributed by atoms with Crippen LogP contribution in [0.5, 0.6) is 0 Å². The average Bonchev–Trinajstić information content (AvgIpc) is 3.37. The van der Waals surface area contributed by atoms with Crippen molar-refractivity contribution in [2.75, 3.05) is 23.4 Å². The standard InChI is InChI=1S/C26H25N3O4S/c1-17-5-3-4-6-22(17)26(31)29-12-11-19-8-7-18(13-24(19)29)16-27-34(32,33)21-9-10-23-20(14-21)15-25(30)28(23)2/h3-10,13-14,27H,11-12,15-16H2,1-2H3. The van der Waals surface area contributed by atoms with Gasteiger partial charge < -0.3 is 9.80 Å². The Balaban J connectivity index is 1.34. The Morgan fingerprint density at radius 1 is 1.00 bits per heavy atom. The van der Waals surface area contributed by atoms with Crippen LogP contribution >= 0.6 is 0 Å². The Labute approximate surface area is 199 Å². The molecule has 0 aliphatic carbocycles. The lowest BCUT2D eigenvalue weighted by Gasteiger charge is -2.19. The zero-order valence-corrected chi connectivity index (χ0v) is 19.9. The molecule has 0 bridgehead atoms. The van der Waals surface area contributed by atoms with Gasteiger partial charge in [0, 0.05) is 37.1 Å². The van der Waals surface area contributed by atoms with Crippen LogP contribution < -0.4 is 14.5 Å². The molecule has 0 spiro atoms. The minimum absolute atomic E-state index is 0.0489. The quantitative estimate of drug-likeness (QED) is 0.614. The molecule has 0 saturated heterocycles. The van der Waals surface area contributed by atoms with E-state index in [0.717, 1.165) is 34.5 Å². The van der Waals surface area contributed by atoms with Gasteiger partial charge in [-0.2, -0.15) is 0 Å². The Morgan fingerprint density at radius 2 is 1.79 bits per heavy atom. The number of carbonyl (C=O) groups is 2. The summed E-state index contributed by atoms with van der Waals surface area (Å²) in [6.45, 7) is 2.61. The molecule has 0 atom stereocenters. The zero-order chi connectivity index (χ0) is 24.0. The van der Waals surface area contributed by atoms with E-state index in [-0.39, 0.29) is 29.7 Å². The number of amides is 2. The van der Waals surface area contributed by atoms with E-state index in [2.05, 4.69) is 4.72 Å². The molecule has 2 aliphatic heterocycles. The molecular weight excluding hydrogens is 450 g/mol. The van der Waals surface area contributed by atoms with Crippen LogP contribution in [0, 0.1) is 6.92 Å². The fraction of sp³-hybridized carbons (Fsp3) is 0.231. The van der Waals surface area contributed by atoms with Crippen molar-refractivity contribution >= 4 is 33.2 Å². The lowest BCUT2D eigenvalue weighted by atomic mass is 10.1. The molecule has 0 fully saturated rings. The molecule has 34 heavy (non-hydrogen) atoms. The zero-order valence-electron chi connectivity index (χ0n) is 19.0. The van der Waals surface area contributed by atoms with E-state index in [1.165, 1.54) is 11.0 Å². The maximum atomic E-state index is 13.2. The van der Waals surface area contributed by atoms with Gasteiger partial charge in [-0.15, -0.1) is 0 Å². The van der Waals surface area contributed by atoms with E-state index in [1.54, 1.807) is 24.1 Å². The summed E-state index contributed by atoms with van der Waals surface area (Å²) in [6, 6.07) is 18.0. The topological polar surface area (TPSA) is 86.8 Å². The number of rotatable bonds is 5. The number of likely N-dealkylation sites (N-methyl/N-ethyl adjacent to an activating group) is 1. The minimum atomic E-state index is -3.77. The monoisotopic (exact) mass is 475 g/mol. The molecule has 0 saturated carbocycles. The molecule has 5 rings (SSSR count). The fourth-order valence-electron chi connectivity index (χ4n) is 4.58. The molecule has 2 amide bonds. The summed E-state index contributed by atoms with van der Waals surface area (Å²) in [4.78, 5) is 28.5. The highest BCUT2D eigenvalue weighted by atomic mass is 32.2. The van der Waals surface area contributed by atoms with E-state index in [1.807, 2.05) is 49.4 Å². The summed E-state index contributed by atoms with van der Waals surface area (Å²) in [5.74, 6) is -0.104. The summed E-state index contributed by atoms with van der Waals surface area (Å²) in [7, 11) is -2.09. The number of benzene rings is 3. The van der Waals surface area contributed by atoms with Crippen molar-refractivity contribution in [2.24, 2.45) is 0 Å². The highest BCUT2D eigenvalue weighted by Crippen LogP contribution is 2.32. The van der Waals surface area contributed by atoms with Gasteiger partial charge in [-0.3, -0.25) is 9.59 Å². The van der Waals surface area contributed by atoms with Crippen molar-refractivity contribution in [3.8, 4) is 0 Å². The summed E-state index contributed by atoms with van der Waals surface area (Å²) in [5.41, 5.74) is 5.70. The van der Waals surface area contributed by atoms with Gasteiger partial charge in [-0.1, -0.05) is 30.3 Å². The molecule has 0 radical (unpaired) electrons. The van der Waals surface area contributed by atoms with E-state index in [9.17, 15) is 18.0 Å². The van der Waals surface area contributed by atoms with Gasteiger partial charge in [0.15, 0.2) is 0 Å². The normalized spacial score (nSPS) is 14.9. The molecule has 3 aromatic carbocycles. The van der Waals surface area contributed by atoms with Crippen LogP contribution in [0.1, 0.15) is 32.6 Å². The second kappa shape index (κ2) is 8.38. The lowest BCUT2D eigenvalue weighted by molar-refractivity contribution is -0.117. The van der Waals surface area contributed by atoms with Crippen molar-refractivity contribution in [2.45, 2.75) is 31.2 Å². The van der Waals surface area contributed by atoms with Crippen LogP contribution in [0.25, 0.3) is 0 Å². The summed E-state index contributed by atoms with van der Waals surface area (Å²) >= 11 is 0. The molecule has 174 valence electrons. The van der Waals surface area contributed by atoms with Crippen LogP contribution in [-0.4, -0.2) is 33.8 Å². The number of sulfonamides is 1. The van der Waals surface area contributed by atoms with Gasteiger partial charge in [0.25, 0.3) is 5.91 Å². The van der Waals surface area contributed by atoms with E-state index in [0.29, 0.717) is 17.7 Å². The maximum Gasteiger partial charge on any atom is 0.258 e. The van der Waals surface area contributed by atoms with Crippen LogP contribution in [0.15, 0.2) is 65.6 Å². The molecule has 2 heterocycles. The summed E-state index contributed by atoms with van der Waals surface area (Å²) < 4.78 is 28.5. The first-order chi connectivity index (χ1) is 16.2. The summed E-state index contributed by atoms with van der Waals surface area (Å²) in [6.07, 6.45) is 0.964. The third-order valence-electron chi connectivity index (χ3n) is 6.57. The second-order valence-electron chi connectivity index (χ2n) is 8.73. The highest BCUT2D eigenvalue weighted by Gasteiger charge is 2.28. The Morgan fingerprint density at radius 3 is 2.59 bits per heavy atom. The van der Waals surface area contributed by atoms with Gasteiger partial charge in [0.05, 0.1) is 11.3 Å². The molecular formula is C26H25N3O4S. The van der Waals surface area contributed by atoms with Crippen LogP contribution in [0.2, 0.25) is 0 Å². The smallest absolute Gasteiger partial charge is 0.258 e.